The molecular weight excluding hydrogens is 388 g/mol. The maximum atomic E-state index is 12.8. The van der Waals surface area contributed by atoms with Crippen molar-refractivity contribution in [2.24, 2.45) is 5.73 Å². The van der Waals surface area contributed by atoms with Crippen LogP contribution in [0.5, 0.6) is 0 Å². The molecule has 2 heterocycles. The minimum absolute atomic E-state index is 0.171. The van der Waals surface area contributed by atoms with E-state index in [2.05, 4.69) is 10.3 Å². The van der Waals surface area contributed by atoms with E-state index in [1.807, 2.05) is 36.4 Å². The standard InChI is InChI=1S/C21H16N4O3S/c22-19(27)14-6-8-15(9-7-14)24-18(26)11-25-12-23-20-16(21(25)28)10-17(29-20)13-4-2-1-3-5-13/h1-10,12H,11H2,(H2,22,27)(H,24,26). The molecule has 7 nitrogen and oxygen atoms in total. The van der Waals surface area contributed by atoms with Crippen molar-refractivity contribution >= 4 is 39.1 Å². The van der Waals surface area contributed by atoms with E-state index in [1.165, 1.54) is 34.4 Å². The van der Waals surface area contributed by atoms with Crippen molar-refractivity contribution in [1.82, 2.24) is 9.55 Å². The molecule has 144 valence electrons. The van der Waals surface area contributed by atoms with Crippen LogP contribution in [0.15, 0.2) is 71.8 Å². The number of carbonyl (C=O) groups excluding carboxylic acids is 2. The predicted molar refractivity (Wildman–Crippen MR) is 113 cm³/mol. The van der Waals surface area contributed by atoms with E-state index < -0.39 is 5.91 Å². The van der Waals surface area contributed by atoms with Crippen molar-refractivity contribution in [3.8, 4) is 10.4 Å². The Bertz CT molecular complexity index is 1260. The molecule has 29 heavy (non-hydrogen) atoms. The first-order chi connectivity index (χ1) is 14.0. The van der Waals surface area contributed by atoms with Gasteiger partial charge in [-0.2, -0.15) is 0 Å². The Hall–Kier alpha value is -3.78. The Morgan fingerprint density at radius 1 is 1.07 bits per heavy atom. The molecule has 0 aliphatic carbocycles. The van der Waals surface area contributed by atoms with Gasteiger partial charge in [-0.1, -0.05) is 30.3 Å². The quantitative estimate of drug-likeness (QED) is 0.533. The molecule has 0 aliphatic rings. The first-order valence-electron chi connectivity index (χ1n) is 8.75. The molecular formula is C21H16N4O3S. The monoisotopic (exact) mass is 404 g/mol. The highest BCUT2D eigenvalue weighted by molar-refractivity contribution is 7.21. The summed E-state index contributed by atoms with van der Waals surface area (Å²) >= 11 is 1.44. The number of aromatic nitrogens is 2. The summed E-state index contributed by atoms with van der Waals surface area (Å²) in [4.78, 5) is 42.1. The first-order valence-corrected chi connectivity index (χ1v) is 9.57. The number of fused-ring (bicyclic) bond motifs is 1. The molecule has 0 radical (unpaired) electrons. The maximum Gasteiger partial charge on any atom is 0.262 e. The van der Waals surface area contributed by atoms with Crippen molar-refractivity contribution in [2.45, 2.75) is 6.54 Å². The second-order valence-corrected chi connectivity index (χ2v) is 7.39. The van der Waals surface area contributed by atoms with Crippen molar-refractivity contribution in [1.29, 1.82) is 0 Å². The molecule has 0 bridgehead atoms. The van der Waals surface area contributed by atoms with Crippen LogP contribution in [0.2, 0.25) is 0 Å². The lowest BCUT2D eigenvalue weighted by atomic mass is 10.2. The molecule has 4 rings (SSSR count). The number of carbonyl (C=O) groups is 2. The zero-order valence-electron chi connectivity index (χ0n) is 15.2. The van der Waals surface area contributed by atoms with Crippen molar-refractivity contribution < 1.29 is 9.59 Å². The highest BCUT2D eigenvalue weighted by Crippen LogP contribution is 2.30. The highest BCUT2D eigenvalue weighted by atomic mass is 32.1. The van der Waals surface area contributed by atoms with Crippen molar-refractivity contribution in [3.05, 3.63) is 82.9 Å². The molecule has 4 aromatic rings. The Morgan fingerprint density at radius 2 is 1.79 bits per heavy atom. The summed E-state index contributed by atoms with van der Waals surface area (Å²) in [6, 6.07) is 17.8. The van der Waals surface area contributed by atoms with Crippen LogP contribution < -0.4 is 16.6 Å². The Balaban J connectivity index is 1.54. The SMILES string of the molecule is NC(=O)c1ccc(NC(=O)Cn2cnc3sc(-c4ccccc4)cc3c2=O)cc1. The average Bonchev–Trinajstić information content (AvgIpc) is 3.16. The van der Waals surface area contributed by atoms with Crippen LogP contribution in [0.4, 0.5) is 5.69 Å². The summed E-state index contributed by atoms with van der Waals surface area (Å²) in [6.45, 7) is -0.171. The van der Waals surface area contributed by atoms with Crippen LogP contribution in [0.3, 0.4) is 0 Å². The Kier molecular flexibility index (Phi) is 4.92. The fourth-order valence-corrected chi connectivity index (χ4v) is 3.89. The molecule has 0 saturated carbocycles. The lowest BCUT2D eigenvalue weighted by molar-refractivity contribution is -0.116. The second kappa shape index (κ2) is 7.69. The van der Waals surface area contributed by atoms with Crippen LogP contribution in [-0.2, 0) is 11.3 Å². The van der Waals surface area contributed by atoms with E-state index in [0.717, 1.165) is 10.4 Å². The zero-order chi connectivity index (χ0) is 20.4. The molecule has 0 saturated heterocycles. The molecule has 0 spiro atoms. The highest BCUT2D eigenvalue weighted by Gasteiger charge is 2.12. The van der Waals surface area contributed by atoms with Gasteiger partial charge in [-0.05, 0) is 35.9 Å². The normalized spacial score (nSPS) is 10.8. The summed E-state index contributed by atoms with van der Waals surface area (Å²) in [5.41, 5.74) is 6.79. The van der Waals surface area contributed by atoms with Crippen LogP contribution in [0.1, 0.15) is 10.4 Å². The van der Waals surface area contributed by atoms with Gasteiger partial charge in [0.2, 0.25) is 11.8 Å². The minimum atomic E-state index is -0.542. The van der Waals surface area contributed by atoms with Crippen molar-refractivity contribution in [2.75, 3.05) is 5.32 Å². The van der Waals surface area contributed by atoms with Gasteiger partial charge >= 0.3 is 0 Å². The van der Waals surface area contributed by atoms with Gasteiger partial charge in [0.25, 0.3) is 5.56 Å². The molecule has 0 atom stereocenters. The molecule has 0 aliphatic heterocycles. The molecule has 2 aromatic heterocycles. The Labute approximate surface area is 169 Å². The molecule has 0 unspecified atom stereocenters. The van der Waals surface area contributed by atoms with Gasteiger partial charge in [-0.15, -0.1) is 11.3 Å². The third kappa shape index (κ3) is 3.92. The van der Waals surface area contributed by atoms with Gasteiger partial charge in [-0.3, -0.25) is 19.0 Å². The Morgan fingerprint density at radius 3 is 2.48 bits per heavy atom. The largest absolute Gasteiger partial charge is 0.366 e. The van der Waals surface area contributed by atoms with Crippen LogP contribution in [0, 0.1) is 0 Å². The smallest absolute Gasteiger partial charge is 0.262 e. The average molecular weight is 404 g/mol. The van der Waals surface area contributed by atoms with Gasteiger partial charge in [0.05, 0.1) is 11.7 Å². The number of nitrogens with two attached hydrogens (primary N) is 1. The van der Waals surface area contributed by atoms with E-state index in [4.69, 9.17) is 5.73 Å². The fraction of sp³-hybridized carbons (Fsp3) is 0.0476. The predicted octanol–water partition coefficient (Wildman–Crippen LogP) is 2.86. The van der Waals surface area contributed by atoms with Crippen LogP contribution in [-0.4, -0.2) is 21.4 Å². The van der Waals surface area contributed by atoms with Crippen molar-refractivity contribution in [3.63, 3.8) is 0 Å². The molecule has 8 heteroatoms. The summed E-state index contributed by atoms with van der Waals surface area (Å²) in [6.07, 6.45) is 1.38. The van der Waals surface area contributed by atoms with E-state index in [9.17, 15) is 14.4 Å². The number of rotatable bonds is 5. The summed E-state index contributed by atoms with van der Waals surface area (Å²) in [5.74, 6) is -0.918. The fourth-order valence-electron chi connectivity index (χ4n) is 2.89. The molecule has 2 amide bonds. The maximum absolute atomic E-state index is 12.8. The molecule has 3 N–H and O–H groups in total. The first kappa shape index (κ1) is 18.6. The van der Waals surface area contributed by atoms with Crippen LogP contribution in [0.25, 0.3) is 20.7 Å². The minimum Gasteiger partial charge on any atom is -0.366 e. The number of primary amides is 1. The number of nitrogens with one attached hydrogen (secondary N) is 1. The third-order valence-electron chi connectivity index (χ3n) is 4.34. The van der Waals surface area contributed by atoms with E-state index in [0.29, 0.717) is 21.5 Å². The molecule has 2 aromatic carbocycles. The molecule has 0 fully saturated rings. The zero-order valence-corrected chi connectivity index (χ0v) is 16.0. The number of hydrogen-bond acceptors (Lipinski definition) is 5. The number of anilines is 1. The van der Waals surface area contributed by atoms with Gasteiger partial charge < -0.3 is 11.1 Å². The third-order valence-corrected chi connectivity index (χ3v) is 5.44. The van der Waals surface area contributed by atoms with Crippen LogP contribution >= 0.6 is 11.3 Å². The van der Waals surface area contributed by atoms with E-state index >= 15 is 0 Å². The lowest BCUT2D eigenvalue weighted by Crippen LogP contribution is -2.27. The number of benzene rings is 2. The number of thiophene rings is 1. The van der Waals surface area contributed by atoms with E-state index in [1.54, 1.807) is 12.1 Å². The van der Waals surface area contributed by atoms with E-state index in [-0.39, 0.29) is 18.0 Å². The van der Waals surface area contributed by atoms with Gasteiger partial charge in [-0.25, -0.2) is 4.98 Å². The summed E-state index contributed by atoms with van der Waals surface area (Å²) in [7, 11) is 0. The second-order valence-electron chi connectivity index (χ2n) is 6.36. The van der Waals surface area contributed by atoms with Gasteiger partial charge in [0.15, 0.2) is 0 Å². The van der Waals surface area contributed by atoms with Gasteiger partial charge in [0, 0.05) is 16.1 Å². The summed E-state index contributed by atoms with van der Waals surface area (Å²) in [5, 5.41) is 3.17. The number of hydrogen-bond donors (Lipinski definition) is 2. The van der Waals surface area contributed by atoms with Gasteiger partial charge in [0.1, 0.15) is 11.4 Å². The summed E-state index contributed by atoms with van der Waals surface area (Å²) < 4.78 is 1.27. The number of amides is 2. The topological polar surface area (TPSA) is 107 Å². The lowest BCUT2D eigenvalue weighted by Gasteiger charge is -2.07. The number of nitrogens with zero attached hydrogens (tertiary/aromatic N) is 2.